The summed E-state index contributed by atoms with van der Waals surface area (Å²) >= 11 is 0. The van der Waals surface area contributed by atoms with Crippen molar-refractivity contribution in [1.82, 2.24) is 15.5 Å². The number of piperidine rings is 1. The maximum absolute atomic E-state index is 12.8. The fourth-order valence-corrected chi connectivity index (χ4v) is 3.87. The van der Waals surface area contributed by atoms with Crippen molar-refractivity contribution in [3.05, 3.63) is 39.4 Å². The molecule has 8 nitrogen and oxygen atoms in total. The second-order valence-electron chi connectivity index (χ2n) is 7.41. The second kappa shape index (κ2) is 9.84. The summed E-state index contributed by atoms with van der Waals surface area (Å²) in [5.74, 6) is 0.163. The number of carbonyl (C=O) groups is 2. The number of likely N-dealkylation sites (tertiary alicyclic amines) is 1. The van der Waals surface area contributed by atoms with Gasteiger partial charge in [-0.15, -0.1) is 12.4 Å². The van der Waals surface area contributed by atoms with Crippen molar-refractivity contribution in [2.75, 3.05) is 26.2 Å². The Kier molecular flexibility index (Phi) is 7.77. The van der Waals surface area contributed by atoms with E-state index in [4.69, 9.17) is 0 Å². The largest absolute Gasteiger partial charge is 0.354 e. The van der Waals surface area contributed by atoms with E-state index in [1.807, 2.05) is 0 Å². The van der Waals surface area contributed by atoms with Crippen molar-refractivity contribution in [1.29, 1.82) is 0 Å². The van der Waals surface area contributed by atoms with Crippen molar-refractivity contribution in [2.45, 2.75) is 38.6 Å². The Labute approximate surface area is 170 Å². The molecule has 2 aliphatic rings. The average molecular weight is 411 g/mol. The third-order valence-electron chi connectivity index (χ3n) is 5.39. The SMILES string of the molecule is Cc1cc(C(=O)N2CCCC(CNC(=O)C3CCCN3)C2)ccc1[N+](=O)[O-].Cl. The van der Waals surface area contributed by atoms with Gasteiger partial charge in [0, 0.05) is 36.8 Å². The van der Waals surface area contributed by atoms with E-state index in [0.29, 0.717) is 30.8 Å². The number of hydrogen-bond donors (Lipinski definition) is 2. The van der Waals surface area contributed by atoms with Crippen LogP contribution in [0.15, 0.2) is 18.2 Å². The van der Waals surface area contributed by atoms with Crippen molar-refractivity contribution in [3.63, 3.8) is 0 Å². The number of nitrogens with zero attached hydrogens (tertiary/aromatic N) is 2. The van der Waals surface area contributed by atoms with Gasteiger partial charge in [0.1, 0.15) is 0 Å². The van der Waals surface area contributed by atoms with Gasteiger partial charge in [0.05, 0.1) is 11.0 Å². The normalized spacial score (nSPS) is 21.7. The second-order valence-corrected chi connectivity index (χ2v) is 7.41. The average Bonchev–Trinajstić information content (AvgIpc) is 3.20. The standard InChI is InChI=1S/C19H26N4O4.ClH/c1-13-10-15(6-7-17(13)23(26)27)19(25)22-9-3-4-14(12-22)11-21-18(24)16-5-2-8-20-16;/h6-7,10,14,16,20H,2-5,8-9,11-12H2,1H3,(H,21,24);1H. The third-order valence-corrected chi connectivity index (χ3v) is 5.39. The summed E-state index contributed by atoms with van der Waals surface area (Å²) in [7, 11) is 0. The maximum Gasteiger partial charge on any atom is 0.272 e. The third kappa shape index (κ3) is 5.20. The monoisotopic (exact) mass is 410 g/mol. The minimum atomic E-state index is -0.442. The fourth-order valence-electron chi connectivity index (χ4n) is 3.87. The van der Waals surface area contributed by atoms with E-state index in [-0.39, 0.29) is 41.9 Å². The van der Waals surface area contributed by atoms with E-state index in [1.165, 1.54) is 12.1 Å². The van der Waals surface area contributed by atoms with Crippen molar-refractivity contribution in [3.8, 4) is 0 Å². The van der Waals surface area contributed by atoms with Crippen LogP contribution in [0.3, 0.4) is 0 Å². The number of halogens is 1. The van der Waals surface area contributed by atoms with Gasteiger partial charge in [0.15, 0.2) is 0 Å². The van der Waals surface area contributed by atoms with Gasteiger partial charge in [-0.2, -0.15) is 0 Å². The van der Waals surface area contributed by atoms with Crippen LogP contribution in [-0.2, 0) is 4.79 Å². The van der Waals surface area contributed by atoms with E-state index in [9.17, 15) is 19.7 Å². The zero-order chi connectivity index (χ0) is 19.4. The summed E-state index contributed by atoms with van der Waals surface area (Å²) in [6.07, 6.45) is 3.76. The molecule has 2 N–H and O–H groups in total. The van der Waals surface area contributed by atoms with Crippen molar-refractivity contribution >= 4 is 29.9 Å². The van der Waals surface area contributed by atoms with Crippen LogP contribution in [-0.4, -0.2) is 53.9 Å². The Morgan fingerprint density at radius 2 is 2.11 bits per heavy atom. The molecule has 2 fully saturated rings. The number of aryl methyl sites for hydroxylation is 1. The molecule has 0 spiro atoms. The topological polar surface area (TPSA) is 105 Å². The predicted octanol–water partition coefficient (Wildman–Crippen LogP) is 2.05. The summed E-state index contributed by atoms with van der Waals surface area (Å²) in [6.45, 7) is 4.36. The lowest BCUT2D eigenvalue weighted by atomic mass is 9.97. The van der Waals surface area contributed by atoms with Crippen LogP contribution in [0, 0.1) is 23.0 Å². The van der Waals surface area contributed by atoms with Gasteiger partial charge in [-0.1, -0.05) is 0 Å². The Balaban J connectivity index is 0.00000280. The molecule has 2 amide bonds. The predicted molar refractivity (Wildman–Crippen MR) is 108 cm³/mol. The van der Waals surface area contributed by atoms with Crippen LogP contribution in [0.5, 0.6) is 0 Å². The molecule has 0 radical (unpaired) electrons. The quantitative estimate of drug-likeness (QED) is 0.571. The number of amides is 2. The molecule has 28 heavy (non-hydrogen) atoms. The molecular formula is C19H27ClN4O4. The molecule has 2 aliphatic heterocycles. The molecule has 2 unspecified atom stereocenters. The van der Waals surface area contributed by atoms with Gasteiger partial charge >= 0.3 is 0 Å². The van der Waals surface area contributed by atoms with Crippen LogP contribution in [0.2, 0.25) is 0 Å². The Morgan fingerprint density at radius 1 is 1.32 bits per heavy atom. The molecule has 2 atom stereocenters. The number of nitro groups is 1. The Morgan fingerprint density at radius 3 is 2.75 bits per heavy atom. The molecule has 154 valence electrons. The van der Waals surface area contributed by atoms with Gasteiger partial charge in [-0.05, 0) is 57.2 Å². The summed E-state index contributed by atoms with van der Waals surface area (Å²) < 4.78 is 0. The number of hydrogen-bond acceptors (Lipinski definition) is 5. The highest BCUT2D eigenvalue weighted by Crippen LogP contribution is 2.22. The minimum absolute atomic E-state index is 0. The summed E-state index contributed by atoms with van der Waals surface area (Å²) in [4.78, 5) is 37.2. The first-order valence-corrected chi connectivity index (χ1v) is 9.51. The highest BCUT2D eigenvalue weighted by molar-refractivity contribution is 5.94. The van der Waals surface area contributed by atoms with E-state index < -0.39 is 4.92 Å². The number of benzene rings is 1. The van der Waals surface area contributed by atoms with Gasteiger partial charge in [-0.3, -0.25) is 19.7 Å². The number of rotatable bonds is 5. The lowest BCUT2D eigenvalue weighted by molar-refractivity contribution is -0.385. The van der Waals surface area contributed by atoms with Gasteiger partial charge in [0.25, 0.3) is 11.6 Å². The van der Waals surface area contributed by atoms with E-state index in [0.717, 1.165) is 32.2 Å². The lowest BCUT2D eigenvalue weighted by Gasteiger charge is -2.33. The molecule has 0 bridgehead atoms. The molecule has 2 heterocycles. The zero-order valence-corrected chi connectivity index (χ0v) is 16.8. The molecule has 1 aromatic carbocycles. The highest BCUT2D eigenvalue weighted by atomic mass is 35.5. The number of nitro benzene ring substituents is 1. The Bertz CT molecular complexity index is 737. The van der Waals surface area contributed by atoms with Crippen LogP contribution in [0.1, 0.15) is 41.6 Å². The van der Waals surface area contributed by atoms with Crippen LogP contribution in [0.4, 0.5) is 5.69 Å². The van der Waals surface area contributed by atoms with Crippen LogP contribution < -0.4 is 10.6 Å². The van der Waals surface area contributed by atoms with Crippen LogP contribution in [0.25, 0.3) is 0 Å². The molecule has 2 saturated heterocycles. The van der Waals surface area contributed by atoms with Crippen LogP contribution >= 0.6 is 12.4 Å². The maximum atomic E-state index is 12.8. The first kappa shape index (κ1) is 22.1. The summed E-state index contributed by atoms with van der Waals surface area (Å²) in [6, 6.07) is 4.40. The molecule has 0 aromatic heterocycles. The summed E-state index contributed by atoms with van der Waals surface area (Å²) in [5, 5.41) is 17.1. The summed E-state index contributed by atoms with van der Waals surface area (Å²) in [5.41, 5.74) is 0.972. The first-order chi connectivity index (χ1) is 13.0. The first-order valence-electron chi connectivity index (χ1n) is 9.51. The number of carbonyl (C=O) groups excluding carboxylic acids is 2. The van der Waals surface area contributed by atoms with E-state index >= 15 is 0 Å². The molecule has 3 rings (SSSR count). The van der Waals surface area contributed by atoms with E-state index in [1.54, 1.807) is 17.9 Å². The number of nitrogens with one attached hydrogen (secondary N) is 2. The minimum Gasteiger partial charge on any atom is -0.354 e. The fraction of sp³-hybridized carbons (Fsp3) is 0.579. The van der Waals surface area contributed by atoms with E-state index in [2.05, 4.69) is 10.6 Å². The highest BCUT2D eigenvalue weighted by Gasteiger charge is 2.27. The van der Waals surface area contributed by atoms with Gasteiger partial charge < -0.3 is 15.5 Å². The molecule has 0 aliphatic carbocycles. The molecule has 0 saturated carbocycles. The smallest absolute Gasteiger partial charge is 0.272 e. The van der Waals surface area contributed by atoms with Crippen molar-refractivity contribution in [2.24, 2.45) is 5.92 Å². The molecule has 1 aromatic rings. The zero-order valence-electron chi connectivity index (χ0n) is 16.0. The lowest BCUT2D eigenvalue weighted by Crippen LogP contribution is -2.46. The Hall–Kier alpha value is -2.19. The molecule has 9 heteroatoms. The van der Waals surface area contributed by atoms with Gasteiger partial charge in [-0.25, -0.2) is 0 Å². The van der Waals surface area contributed by atoms with Crippen molar-refractivity contribution < 1.29 is 14.5 Å². The van der Waals surface area contributed by atoms with Gasteiger partial charge in [0.2, 0.25) is 5.91 Å². The molecular weight excluding hydrogens is 384 g/mol.